The summed E-state index contributed by atoms with van der Waals surface area (Å²) < 4.78 is 5.79. The minimum atomic E-state index is -0.332. The summed E-state index contributed by atoms with van der Waals surface area (Å²) in [6, 6.07) is 5.34. The predicted molar refractivity (Wildman–Crippen MR) is 79.0 cm³/mol. The summed E-state index contributed by atoms with van der Waals surface area (Å²) in [6.07, 6.45) is -0.214. The Hall–Kier alpha value is -1.30. The van der Waals surface area contributed by atoms with E-state index in [9.17, 15) is 10.2 Å². The monoisotopic (exact) mass is 280 g/mol. The lowest BCUT2D eigenvalue weighted by molar-refractivity contribution is -0.101. The summed E-state index contributed by atoms with van der Waals surface area (Å²) in [4.78, 5) is 2.12. The second kappa shape index (κ2) is 5.60. The quantitative estimate of drug-likeness (QED) is 0.780. The minimum Gasteiger partial charge on any atom is -0.508 e. The van der Waals surface area contributed by atoms with Crippen LogP contribution in [0.4, 0.5) is 5.69 Å². The second-order valence-electron chi connectivity index (χ2n) is 6.09. The number of phenolic OH excluding ortho intramolecular Hbond substituents is 1. The number of hydrogen-bond donors (Lipinski definition) is 3. The lowest BCUT2D eigenvalue weighted by Gasteiger charge is -2.43. The summed E-state index contributed by atoms with van der Waals surface area (Å²) in [6.45, 7) is 7.14. The van der Waals surface area contributed by atoms with E-state index >= 15 is 0 Å². The Morgan fingerprint density at radius 2 is 2.20 bits per heavy atom. The number of rotatable bonds is 3. The Labute approximate surface area is 120 Å². The Bertz CT molecular complexity index is 474. The van der Waals surface area contributed by atoms with Gasteiger partial charge in [0.05, 0.1) is 18.3 Å². The molecule has 1 aromatic carbocycles. The number of aromatic hydroxyl groups is 1. The first-order valence-corrected chi connectivity index (χ1v) is 6.94. The standard InChI is InChI=1S/C15H24N2O3/c1-10(16)13-5-4-11(6-14(13)19)17-7-12(8-18)20-15(2,3)9-17/h4-6,10,12,18-19H,7-9,16H2,1-3H3. The van der Waals surface area contributed by atoms with Crippen molar-refractivity contribution in [1.82, 2.24) is 0 Å². The zero-order valence-electron chi connectivity index (χ0n) is 12.3. The molecule has 1 aromatic rings. The van der Waals surface area contributed by atoms with Gasteiger partial charge in [-0.2, -0.15) is 0 Å². The van der Waals surface area contributed by atoms with Crippen molar-refractivity contribution in [2.75, 3.05) is 24.6 Å². The van der Waals surface area contributed by atoms with Gasteiger partial charge < -0.3 is 25.6 Å². The molecule has 0 amide bonds. The number of ether oxygens (including phenoxy) is 1. The van der Waals surface area contributed by atoms with Gasteiger partial charge in [-0.15, -0.1) is 0 Å². The average molecular weight is 280 g/mol. The Kier molecular flexibility index (Phi) is 4.22. The first-order chi connectivity index (χ1) is 9.32. The molecule has 1 aliphatic heterocycles. The van der Waals surface area contributed by atoms with Crippen molar-refractivity contribution >= 4 is 5.69 Å². The minimum absolute atomic E-state index is 0.0101. The Morgan fingerprint density at radius 1 is 1.50 bits per heavy atom. The third kappa shape index (κ3) is 3.23. The number of nitrogens with zero attached hydrogens (tertiary/aromatic N) is 1. The number of anilines is 1. The number of nitrogens with two attached hydrogens (primary N) is 1. The van der Waals surface area contributed by atoms with Gasteiger partial charge in [0.25, 0.3) is 0 Å². The summed E-state index contributed by atoms with van der Waals surface area (Å²) >= 11 is 0. The SMILES string of the molecule is CC(N)c1ccc(N2CC(CO)OC(C)(C)C2)cc1O. The molecule has 1 saturated heterocycles. The maximum absolute atomic E-state index is 10.1. The van der Waals surface area contributed by atoms with Crippen LogP contribution in [0, 0.1) is 0 Å². The van der Waals surface area contributed by atoms with Gasteiger partial charge in [-0.25, -0.2) is 0 Å². The molecule has 1 heterocycles. The Balaban J connectivity index is 2.24. The fourth-order valence-electron chi connectivity index (χ4n) is 2.70. The van der Waals surface area contributed by atoms with E-state index in [4.69, 9.17) is 10.5 Å². The van der Waals surface area contributed by atoms with Crippen LogP contribution in [0.5, 0.6) is 5.75 Å². The molecule has 0 aliphatic carbocycles. The molecular weight excluding hydrogens is 256 g/mol. The highest BCUT2D eigenvalue weighted by Gasteiger charge is 2.33. The predicted octanol–water partition coefficient (Wildman–Crippen LogP) is 1.39. The van der Waals surface area contributed by atoms with Crippen molar-refractivity contribution in [2.45, 2.75) is 38.5 Å². The first-order valence-electron chi connectivity index (χ1n) is 6.94. The van der Waals surface area contributed by atoms with Crippen molar-refractivity contribution < 1.29 is 14.9 Å². The molecule has 0 spiro atoms. The molecule has 1 fully saturated rings. The fraction of sp³-hybridized carbons (Fsp3) is 0.600. The van der Waals surface area contributed by atoms with Gasteiger partial charge in [0.2, 0.25) is 0 Å². The number of aliphatic hydroxyl groups is 1. The van der Waals surface area contributed by atoms with Gasteiger partial charge in [-0.05, 0) is 26.8 Å². The molecule has 112 valence electrons. The Morgan fingerprint density at radius 3 is 2.75 bits per heavy atom. The van der Waals surface area contributed by atoms with Crippen LogP contribution in [0.15, 0.2) is 18.2 Å². The molecular formula is C15H24N2O3. The van der Waals surface area contributed by atoms with E-state index in [2.05, 4.69) is 4.90 Å². The van der Waals surface area contributed by atoms with Crippen LogP contribution in [0.1, 0.15) is 32.4 Å². The van der Waals surface area contributed by atoms with Gasteiger partial charge in [0.1, 0.15) is 5.75 Å². The zero-order chi connectivity index (χ0) is 14.9. The van der Waals surface area contributed by atoms with Gasteiger partial charge in [0.15, 0.2) is 0 Å². The van der Waals surface area contributed by atoms with E-state index in [1.807, 2.05) is 32.9 Å². The average Bonchev–Trinajstić information content (AvgIpc) is 2.36. The number of morpholine rings is 1. The third-order valence-corrected chi connectivity index (χ3v) is 3.55. The van der Waals surface area contributed by atoms with Crippen LogP contribution in [0.25, 0.3) is 0 Å². The van der Waals surface area contributed by atoms with E-state index in [1.54, 1.807) is 6.07 Å². The molecule has 0 aromatic heterocycles. The molecule has 2 atom stereocenters. The van der Waals surface area contributed by atoms with E-state index in [-0.39, 0.29) is 30.1 Å². The second-order valence-corrected chi connectivity index (χ2v) is 6.09. The van der Waals surface area contributed by atoms with Crippen molar-refractivity contribution in [1.29, 1.82) is 0 Å². The first kappa shape index (κ1) is 15.1. The topological polar surface area (TPSA) is 79.0 Å². The molecule has 5 heteroatoms. The summed E-state index contributed by atoms with van der Waals surface area (Å²) in [5.74, 6) is 0.211. The lowest BCUT2D eigenvalue weighted by atomic mass is 10.0. The maximum Gasteiger partial charge on any atom is 0.122 e. The molecule has 0 bridgehead atoms. The largest absolute Gasteiger partial charge is 0.508 e. The third-order valence-electron chi connectivity index (χ3n) is 3.55. The molecule has 1 aliphatic rings. The van der Waals surface area contributed by atoms with Gasteiger partial charge in [-0.3, -0.25) is 0 Å². The summed E-state index contributed by atoms with van der Waals surface area (Å²) in [5, 5.41) is 19.4. The van der Waals surface area contributed by atoms with E-state index in [0.717, 1.165) is 11.3 Å². The van der Waals surface area contributed by atoms with Crippen molar-refractivity contribution in [3.8, 4) is 5.75 Å². The van der Waals surface area contributed by atoms with Gasteiger partial charge >= 0.3 is 0 Å². The molecule has 0 saturated carbocycles. The van der Waals surface area contributed by atoms with Gasteiger partial charge in [0, 0.05) is 36.4 Å². The van der Waals surface area contributed by atoms with Crippen molar-refractivity contribution in [3.63, 3.8) is 0 Å². The smallest absolute Gasteiger partial charge is 0.122 e. The van der Waals surface area contributed by atoms with Gasteiger partial charge in [-0.1, -0.05) is 6.07 Å². The molecule has 2 rings (SSSR count). The van der Waals surface area contributed by atoms with Crippen molar-refractivity contribution in [2.24, 2.45) is 5.73 Å². The molecule has 2 unspecified atom stereocenters. The maximum atomic E-state index is 10.1. The van der Waals surface area contributed by atoms with Crippen LogP contribution in [0.3, 0.4) is 0 Å². The summed E-state index contributed by atoms with van der Waals surface area (Å²) in [5.41, 5.74) is 7.13. The lowest BCUT2D eigenvalue weighted by Crippen LogP contribution is -2.54. The highest BCUT2D eigenvalue weighted by molar-refractivity contribution is 5.54. The van der Waals surface area contributed by atoms with Crippen LogP contribution >= 0.6 is 0 Å². The summed E-state index contributed by atoms with van der Waals surface area (Å²) in [7, 11) is 0. The van der Waals surface area contributed by atoms with Crippen LogP contribution in [-0.4, -0.2) is 41.6 Å². The normalized spacial score (nSPS) is 23.6. The number of benzene rings is 1. The number of aliphatic hydroxyl groups excluding tert-OH is 1. The molecule has 4 N–H and O–H groups in total. The molecule has 0 radical (unpaired) electrons. The number of phenols is 1. The highest BCUT2D eigenvalue weighted by atomic mass is 16.5. The zero-order valence-corrected chi connectivity index (χ0v) is 12.3. The fourth-order valence-corrected chi connectivity index (χ4v) is 2.70. The van der Waals surface area contributed by atoms with E-state index < -0.39 is 0 Å². The van der Waals surface area contributed by atoms with Crippen LogP contribution in [0.2, 0.25) is 0 Å². The van der Waals surface area contributed by atoms with E-state index in [0.29, 0.717) is 13.1 Å². The molecule has 20 heavy (non-hydrogen) atoms. The van der Waals surface area contributed by atoms with E-state index in [1.165, 1.54) is 0 Å². The van der Waals surface area contributed by atoms with Crippen molar-refractivity contribution in [3.05, 3.63) is 23.8 Å². The van der Waals surface area contributed by atoms with Crippen LogP contribution < -0.4 is 10.6 Å². The number of hydrogen-bond acceptors (Lipinski definition) is 5. The highest BCUT2D eigenvalue weighted by Crippen LogP contribution is 2.31. The van der Waals surface area contributed by atoms with Crippen LogP contribution in [-0.2, 0) is 4.74 Å². The molecule has 5 nitrogen and oxygen atoms in total.